The molecule has 3 aromatic carbocycles. The summed E-state index contributed by atoms with van der Waals surface area (Å²) >= 11 is 5.92. The van der Waals surface area contributed by atoms with Gasteiger partial charge in [-0.15, -0.1) is 0 Å². The van der Waals surface area contributed by atoms with Gasteiger partial charge in [0.1, 0.15) is 12.4 Å². The molecule has 0 radical (unpaired) electrons. The minimum atomic E-state index is -0.0428. The Morgan fingerprint density at radius 2 is 1.79 bits per heavy atom. The molecule has 0 atom stereocenters. The zero-order chi connectivity index (χ0) is 16.8. The lowest BCUT2D eigenvalue weighted by atomic mass is 10.1. The van der Waals surface area contributed by atoms with Crippen LogP contribution in [0.4, 0.5) is 0 Å². The number of carbonyl (C=O) groups is 1. The molecule has 3 nitrogen and oxygen atoms in total. The number of nitrogens with one attached hydrogen (secondary N) is 1. The van der Waals surface area contributed by atoms with E-state index in [2.05, 4.69) is 17.4 Å². The lowest BCUT2D eigenvalue weighted by molar-refractivity contribution is -0.120. The van der Waals surface area contributed by atoms with Gasteiger partial charge < -0.3 is 10.1 Å². The third-order valence-corrected chi connectivity index (χ3v) is 3.92. The van der Waals surface area contributed by atoms with Gasteiger partial charge in [0.25, 0.3) is 0 Å². The summed E-state index contributed by atoms with van der Waals surface area (Å²) in [6.45, 7) is 0.887. The van der Waals surface area contributed by atoms with Crippen molar-refractivity contribution < 1.29 is 9.53 Å². The first-order valence-corrected chi connectivity index (χ1v) is 8.22. The van der Waals surface area contributed by atoms with E-state index in [1.165, 1.54) is 0 Å². The SMILES string of the molecule is O=C(Cc1cccc(Cl)c1)NCCOc1cccc2ccccc12. The molecule has 0 fully saturated rings. The van der Waals surface area contributed by atoms with Crippen molar-refractivity contribution in [3.05, 3.63) is 77.3 Å². The first kappa shape index (κ1) is 16.3. The lowest BCUT2D eigenvalue weighted by Crippen LogP contribution is -2.29. The summed E-state index contributed by atoms with van der Waals surface area (Å²) in [6.07, 6.45) is 0.314. The summed E-state index contributed by atoms with van der Waals surface area (Å²) < 4.78 is 5.80. The van der Waals surface area contributed by atoms with Gasteiger partial charge in [0.15, 0.2) is 0 Å². The van der Waals surface area contributed by atoms with Gasteiger partial charge in [-0.3, -0.25) is 4.79 Å². The van der Waals surface area contributed by atoms with Crippen LogP contribution in [0, 0.1) is 0 Å². The third kappa shape index (κ3) is 4.27. The maximum Gasteiger partial charge on any atom is 0.224 e. The molecule has 3 aromatic rings. The molecule has 0 aliphatic rings. The molecule has 1 N–H and O–H groups in total. The number of benzene rings is 3. The summed E-state index contributed by atoms with van der Waals surface area (Å²) in [5.41, 5.74) is 0.898. The minimum absolute atomic E-state index is 0.0428. The Kier molecular flexibility index (Phi) is 5.34. The van der Waals surface area contributed by atoms with Crippen LogP contribution >= 0.6 is 11.6 Å². The number of carbonyl (C=O) groups excluding carboxylic acids is 1. The Labute approximate surface area is 146 Å². The summed E-state index contributed by atoms with van der Waals surface area (Å²) in [4.78, 5) is 11.9. The summed E-state index contributed by atoms with van der Waals surface area (Å²) in [5.74, 6) is 0.788. The molecule has 0 aliphatic carbocycles. The molecule has 3 rings (SSSR count). The predicted octanol–water partition coefficient (Wildman–Crippen LogP) is 4.23. The summed E-state index contributed by atoms with van der Waals surface area (Å²) in [7, 11) is 0. The van der Waals surface area contributed by atoms with Crippen molar-refractivity contribution >= 4 is 28.3 Å². The number of hydrogen-bond donors (Lipinski definition) is 1. The Balaban J connectivity index is 1.49. The predicted molar refractivity (Wildman–Crippen MR) is 97.6 cm³/mol. The molecule has 0 bridgehead atoms. The number of ether oxygens (including phenoxy) is 1. The van der Waals surface area contributed by atoms with Gasteiger partial charge in [0, 0.05) is 10.4 Å². The van der Waals surface area contributed by atoms with Crippen molar-refractivity contribution in [3.8, 4) is 5.75 Å². The van der Waals surface area contributed by atoms with Gasteiger partial charge in [-0.05, 0) is 29.1 Å². The smallest absolute Gasteiger partial charge is 0.224 e. The highest BCUT2D eigenvalue weighted by Gasteiger charge is 2.04. The second kappa shape index (κ2) is 7.84. The molecule has 122 valence electrons. The number of halogens is 1. The van der Waals surface area contributed by atoms with Crippen molar-refractivity contribution in [1.82, 2.24) is 5.32 Å². The first-order valence-electron chi connectivity index (χ1n) is 7.84. The maximum absolute atomic E-state index is 11.9. The highest BCUT2D eigenvalue weighted by molar-refractivity contribution is 6.30. The van der Waals surface area contributed by atoms with E-state index in [1.807, 2.05) is 42.5 Å². The van der Waals surface area contributed by atoms with E-state index in [0.717, 1.165) is 22.1 Å². The fourth-order valence-electron chi connectivity index (χ4n) is 2.57. The maximum atomic E-state index is 11.9. The highest BCUT2D eigenvalue weighted by atomic mass is 35.5. The van der Waals surface area contributed by atoms with Crippen molar-refractivity contribution in [2.75, 3.05) is 13.2 Å². The van der Waals surface area contributed by atoms with Gasteiger partial charge in [-0.1, -0.05) is 60.1 Å². The van der Waals surface area contributed by atoms with Gasteiger partial charge in [-0.2, -0.15) is 0 Å². The van der Waals surface area contributed by atoms with Crippen LogP contribution < -0.4 is 10.1 Å². The molecule has 0 spiro atoms. The van der Waals surface area contributed by atoms with E-state index in [1.54, 1.807) is 12.1 Å². The summed E-state index contributed by atoms with van der Waals surface area (Å²) in [5, 5.41) is 5.71. The zero-order valence-electron chi connectivity index (χ0n) is 13.2. The standard InChI is InChI=1S/C20H18ClNO2/c21-17-8-3-5-15(13-17)14-20(23)22-11-12-24-19-10-4-7-16-6-1-2-9-18(16)19/h1-10,13H,11-12,14H2,(H,22,23). The topological polar surface area (TPSA) is 38.3 Å². The second-order valence-electron chi connectivity index (χ2n) is 5.48. The van der Waals surface area contributed by atoms with Crippen molar-refractivity contribution in [2.45, 2.75) is 6.42 Å². The highest BCUT2D eigenvalue weighted by Crippen LogP contribution is 2.24. The zero-order valence-corrected chi connectivity index (χ0v) is 13.9. The van der Waals surface area contributed by atoms with E-state index in [9.17, 15) is 4.79 Å². The van der Waals surface area contributed by atoms with Crippen molar-refractivity contribution in [1.29, 1.82) is 0 Å². The lowest BCUT2D eigenvalue weighted by Gasteiger charge is -2.10. The fourth-order valence-corrected chi connectivity index (χ4v) is 2.78. The van der Waals surface area contributed by atoms with Crippen molar-refractivity contribution in [3.63, 3.8) is 0 Å². The minimum Gasteiger partial charge on any atom is -0.491 e. The van der Waals surface area contributed by atoms with Crippen LogP contribution in [0.5, 0.6) is 5.75 Å². The van der Waals surface area contributed by atoms with E-state index >= 15 is 0 Å². The normalized spacial score (nSPS) is 10.5. The number of amides is 1. The van der Waals surface area contributed by atoms with Gasteiger partial charge in [-0.25, -0.2) is 0 Å². The molecule has 0 saturated carbocycles. The monoisotopic (exact) mass is 339 g/mol. The Hall–Kier alpha value is -2.52. The van der Waals surface area contributed by atoms with Crippen LogP contribution in [0.3, 0.4) is 0 Å². The first-order chi connectivity index (χ1) is 11.7. The molecule has 0 saturated heterocycles. The largest absolute Gasteiger partial charge is 0.491 e. The molecule has 4 heteroatoms. The quantitative estimate of drug-likeness (QED) is 0.682. The molecule has 0 heterocycles. The molecule has 24 heavy (non-hydrogen) atoms. The molecule has 0 unspecified atom stereocenters. The molecular formula is C20H18ClNO2. The van der Waals surface area contributed by atoms with Crippen molar-refractivity contribution in [2.24, 2.45) is 0 Å². The average Bonchev–Trinajstić information content (AvgIpc) is 2.59. The van der Waals surface area contributed by atoms with Gasteiger partial charge in [0.2, 0.25) is 5.91 Å². The molecule has 0 aromatic heterocycles. The van der Waals surface area contributed by atoms with Crippen LogP contribution in [0.1, 0.15) is 5.56 Å². The Morgan fingerprint density at radius 3 is 2.67 bits per heavy atom. The Bertz CT molecular complexity index is 842. The van der Waals surface area contributed by atoms with E-state index in [4.69, 9.17) is 16.3 Å². The summed E-state index contributed by atoms with van der Waals surface area (Å²) in [6, 6.07) is 21.4. The van der Waals surface area contributed by atoms with Crippen LogP contribution in [0.15, 0.2) is 66.7 Å². The average molecular weight is 340 g/mol. The van der Waals surface area contributed by atoms with Crippen LogP contribution in [0.25, 0.3) is 10.8 Å². The van der Waals surface area contributed by atoms with Gasteiger partial charge in [0.05, 0.1) is 13.0 Å². The van der Waals surface area contributed by atoms with E-state index < -0.39 is 0 Å². The number of hydrogen-bond acceptors (Lipinski definition) is 2. The molecule has 0 aliphatic heterocycles. The third-order valence-electron chi connectivity index (χ3n) is 3.69. The second-order valence-corrected chi connectivity index (χ2v) is 5.92. The fraction of sp³-hybridized carbons (Fsp3) is 0.150. The van der Waals surface area contributed by atoms with E-state index in [-0.39, 0.29) is 5.91 Å². The van der Waals surface area contributed by atoms with Crippen LogP contribution in [0.2, 0.25) is 5.02 Å². The van der Waals surface area contributed by atoms with Gasteiger partial charge >= 0.3 is 0 Å². The molecular weight excluding hydrogens is 322 g/mol. The van der Waals surface area contributed by atoms with E-state index in [0.29, 0.717) is 24.6 Å². The number of rotatable bonds is 6. The van der Waals surface area contributed by atoms with Crippen LogP contribution in [-0.4, -0.2) is 19.1 Å². The number of fused-ring (bicyclic) bond motifs is 1. The Morgan fingerprint density at radius 1 is 1.00 bits per heavy atom. The van der Waals surface area contributed by atoms with Crippen LogP contribution in [-0.2, 0) is 11.2 Å². The molecule has 1 amide bonds.